The molecule has 3 atom stereocenters. The zero-order chi connectivity index (χ0) is 35.9. The van der Waals surface area contributed by atoms with E-state index in [-0.39, 0.29) is 21.9 Å². The van der Waals surface area contributed by atoms with E-state index in [1.54, 1.807) is 0 Å². The lowest BCUT2D eigenvalue weighted by Gasteiger charge is -2.38. The van der Waals surface area contributed by atoms with Crippen molar-refractivity contribution in [3.63, 3.8) is 0 Å². The molecule has 0 radical (unpaired) electrons. The van der Waals surface area contributed by atoms with Gasteiger partial charge in [0.15, 0.2) is 0 Å². The van der Waals surface area contributed by atoms with Gasteiger partial charge in [0.05, 0.1) is 28.1 Å². The lowest BCUT2D eigenvalue weighted by atomic mass is 9.71. The van der Waals surface area contributed by atoms with Crippen molar-refractivity contribution < 1.29 is 19.1 Å². The first-order valence-electron chi connectivity index (χ1n) is 19.4. The van der Waals surface area contributed by atoms with Crippen LogP contribution in [0.1, 0.15) is 144 Å². The van der Waals surface area contributed by atoms with E-state index in [0.29, 0.717) is 25.0 Å². The third-order valence-electron chi connectivity index (χ3n) is 10.6. The highest BCUT2D eigenvalue weighted by Gasteiger charge is 2.42. The number of thioether (sulfide) groups is 2. The topological polar surface area (TPSA) is 52.6 Å². The van der Waals surface area contributed by atoms with E-state index in [0.717, 1.165) is 82.6 Å². The maximum absolute atomic E-state index is 13.5. The maximum Gasteiger partial charge on any atom is 0.316 e. The molecule has 0 N–H and O–H groups in total. The van der Waals surface area contributed by atoms with Crippen LogP contribution in [0.4, 0.5) is 0 Å². The van der Waals surface area contributed by atoms with Gasteiger partial charge in [-0.05, 0) is 126 Å². The molecular formula is C43H68O4S2. The van der Waals surface area contributed by atoms with Crippen LogP contribution in [-0.2, 0) is 30.9 Å². The minimum Gasteiger partial charge on any atom is -0.466 e. The number of carbonyl (C=O) groups is 2. The number of rotatable bonds is 20. The molecule has 0 aromatic heterocycles. The Kier molecular flexibility index (Phi) is 17.4. The van der Waals surface area contributed by atoms with E-state index in [9.17, 15) is 9.59 Å². The van der Waals surface area contributed by atoms with Crippen molar-refractivity contribution in [2.75, 3.05) is 24.7 Å². The second kappa shape index (κ2) is 20.4. The van der Waals surface area contributed by atoms with Crippen molar-refractivity contribution in [3.8, 4) is 0 Å². The Morgan fingerprint density at radius 2 is 1.43 bits per heavy atom. The molecule has 2 aliphatic rings. The number of allylic oxidation sites excluding steroid dienone is 4. The first-order chi connectivity index (χ1) is 23.4. The van der Waals surface area contributed by atoms with E-state index in [2.05, 4.69) is 108 Å². The summed E-state index contributed by atoms with van der Waals surface area (Å²) in [6, 6.07) is 8.69. The Balaban J connectivity index is 1.63. The van der Waals surface area contributed by atoms with Crippen LogP contribution in [0.15, 0.2) is 48.1 Å². The van der Waals surface area contributed by atoms with E-state index in [4.69, 9.17) is 9.47 Å². The minimum atomic E-state index is -0.638. The van der Waals surface area contributed by atoms with Gasteiger partial charge in [0, 0.05) is 0 Å². The number of esters is 2. The summed E-state index contributed by atoms with van der Waals surface area (Å²) in [6.45, 7) is 17.9. The number of hydrogen-bond acceptors (Lipinski definition) is 6. The molecule has 0 spiro atoms. The minimum absolute atomic E-state index is 0.0410. The van der Waals surface area contributed by atoms with E-state index >= 15 is 0 Å². The molecule has 1 aromatic rings. The highest BCUT2D eigenvalue weighted by molar-refractivity contribution is 8.18. The molecule has 3 unspecified atom stereocenters. The summed E-state index contributed by atoms with van der Waals surface area (Å²) >= 11 is 4.31. The Morgan fingerprint density at radius 1 is 0.837 bits per heavy atom. The van der Waals surface area contributed by atoms with E-state index in [1.165, 1.54) is 29.1 Å². The summed E-state index contributed by atoms with van der Waals surface area (Å²) in [5.41, 5.74) is 2.73. The van der Waals surface area contributed by atoms with Gasteiger partial charge in [-0.15, -0.1) is 23.5 Å². The average molecular weight is 713 g/mol. The van der Waals surface area contributed by atoms with Gasteiger partial charge in [0.2, 0.25) is 0 Å². The van der Waals surface area contributed by atoms with Crippen molar-refractivity contribution >= 4 is 35.5 Å². The fourth-order valence-electron chi connectivity index (χ4n) is 7.66. The van der Waals surface area contributed by atoms with Gasteiger partial charge in [-0.2, -0.15) is 0 Å². The molecule has 0 amide bonds. The Morgan fingerprint density at radius 3 is 2.02 bits per heavy atom. The normalized spacial score (nSPS) is 20.3. The van der Waals surface area contributed by atoms with E-state index < -0.39 is 10.8 Å². The van der Waals surface area contributed by atoms with Gasteiger partial charge >= 0.3 is 11.9 Å². The fourth-order valence-corrected chi connectivity index (χ4v) is 11.2. The van der Waals surface area contributed by atoms with Gasteiger partial charge in [-0.3, -0.25) is 9.59 Å². The van der Waals surface area contributed by atoms with Crippen LogP contribution < -0.4 is 0 Å². The first kappa shape index (κ1) is 41.8. The molecule has 1 fully saturated rings. The van der Waals surface area contributed by atoms with Crippen LogP contribution in [0, 0.1) is 23.2 Å². The van der Waals surface area contributed by atoms with Gasteiger partial charge < -0.3 is 9.47 Å². The third kappa shape index (κ3) is 12.5. The molecule has 6 heteroatoms. The van der Waals surface area contributed by atoms with Crippen molar-refractivity contribution in [2.24, 2.45) is 23.2 Å². The van der Waals surface area contributed by atoms with Crippen molar-refractivity contribution in [1.82, 2.24) is 0 Å². The average Bonchev–Trinajstić information content (AvgIpc) is 3.31. The molecule has 1 aliphatic carbocycles. The summed E-state index contributed by atoms with van der Waals surface area (Å²) in [5, 5.41) is 0. The summed E-state index contributed by atoms with van der Waals surface area (Å²) in [6.07, 6.45) is 20.5. The lowest BCUT2D eigenvalue weighted by molar-refractivity contribution is -0.157. The lowest BCUT2D eigenvalue weighted by Crippen LogP contribution is -2.37. The SMILES string of the molecule is CCOC(=O)C(C)(CCCCC1(CCCCC(C)(C(=O)OCC)C2C=CCC(CC(C)C)=CC2)SCCCS1)c1ccc(CC(C)C)cc1. The molecule has 0 saturated carbocycles. The van der Waals surface area contributed by atoms with Gasteiger partial charge in [0.25, 0.3) is 0 Å². The maximum atomic E-state index is 13.5. The highest BCUT2D eigenvalue weighted by atomic mass is 32.2. The van der Waals surface area contributed by atoms with Crippen LogP contribution in [0.5, 0.6) is 0 Å². The van der Waals surface area contributed by atoms with Gasteiger partial charge in [0.1, 0.15) is 0 Å². The summed E-state index contributed by atoms with van der Waals surface area (Å²) < 4.78 is 11.6. The van der Waals surface area contributed by atoms with Gasteiger partial charge in [-0.1, -0.05) is 101 Å². The molecule has 0 bridgehead atoms. The summed E-state index contributed by atoms with van der Waals surface area (Å²) in [7, 11) is 0. The molecule has 276 valence electrons. The fraction of sp³-hybridized carbons (Fsp3) is 0.721. The third-order valence-corrected chi connectivity index (χ3v) is 14.2. The first-order valence-corrected chi connectivity index (χ1v) is 21.4. The molecule has 3 rings (SSSR count). The van der Waals surface area contributed by atoms with Crippen LogP contribution in [0.2, 0.25) is 0 Å². The van der Waals surface area contributed by atoms with Crippen LogP contribution >= 0.6 is 23.5 Å². The van der Waals surface area contributed by atoms with Crippen molar-refractivity contribution in [1.29, 1.82) is 0 Å². The molecule has 4 nitrogen and oxygen atoms in total. The van der Waals surface area contributed by atoms with Gasteiger partial charge in [-0.25, -0.2) is 0 Å². The van der Waals surface area contributed by atoms with Crippen molar-refractivity contribution in [3.05, 3.63) is 59.2 Å². The summed E-state index contributed by atoms with van der Waals surface area (Å²) in [5.74, 6) is 3.70. The second-order valence-corrected chi connectivity index (χ2v) is 19.0. The number of hydrogen-bond donors (Lipinski definition) is 0. The van der Waals surface area contributed by atoms with Crippen LogP contribution in [-0.4, -0.2) is 40.7 Å². The molecule has 1 aliphatic heterocycles. The quantitative estimate of drug-likeness (QED) is 0.0762. The predicted octanol–water partition coefficient (Wildman–Crippen LogP) is 11.9. The summed E-state index contributed by atoms with van der Waals surface area (Å²) in [4.78, 5) is 26.8. The standard InChI is InChI=1S/C43H68O4S2/c1-9-46-39(44)41(7,37-18-15-17-35(19-22-37)31-33(3)4)25-11-13-27-43(48-29-16-30-49-43)28-14-12-26-42(8,40(45)47-10-2)38-23-20-36(21-24-38)32-34(5)6/h15,18-21,23-24,33-34,37H,9-14,16-17,22,25-32H2,1-8H3. The van der Waals surface area contributed by atoms with E-state index in [1.807, 2.05) is 13.8 Å². The second-order valence-electron chi connectivity index (χ2n) is 15.8. The molecule has 1 heterocycles. The largest absolute Gasteiger partial charge is 0.466 e. The Hall–Kier alpha value is -1.66. The van der Waals surface area contributed by atoms with Crippen LogP contribution in [0.25, 0.3) is 0 Å². The molecule has 1 saturated heterocycles. The number of ether oxygens (including phenoxy) is 2. The smallest absolute Gasteiger partial charge is 0.316 e. The zero-order valence-electron chi connectivity index (χ0n) is 32.2. The monoisotopic (exact) mass is 712 g/mol. The Labute approximate surface area is 308 Å². The molecule has 49 heavy (non-hydrogen) atoms. The van der Waals surface area contributed by atoms with Crippen LogP contribution in [0.3, 0.4) is 0 Å². The zero-order valence-corrected chi connectivity index (χ0v) is 33.9. The predicted molar refractivity (Wildman–Crippen MR) is 212 cm³/mol. The molecular weight excluding hydrogens is 645 g/mol. The number of carbonyl (C=O) groups excluding carboxylic acids is 2. The number of benzene rings is 1. The number of unbranched alkanes of at least 4 members (excludes halogenated alkanes) is 2. The Bertz CT molecular complexity index is 1210. The van der Waals surface area contributed by atoms with Crippen molar-refractivity contribution in [2.45, 2.75) is 148 Å². The highest BCUT2D eigenvalue weighted by Crippen LogP contribution is 2.50. The molecule has 1 aromatic carbocycles.